The van der Waals surface area contributed by atoms with Crippen molar-refractivity contribution in [1.82, 2.24) is 0 Å². The number of nitro benzene ring substituents is 1. The molecular weight excluding hydrogens is 276 g/mol. The van der Waals surface area contributed by atoms with E-state index < -0.39 is 17.2 Å². The molecule has 1 amide bonds. The molecule has 1 aliphatic rings. The van der Waals surface area contributed by atoms with Crippen molar-refractivity contribution >= 4 is 23.5 Å². The van der Waals surface area contributed by atoms with Crippen LogP contribution in [0.4, 0.5) is 16.2 Å². The van der Waals surface area contributed by atoms with E-state index in [1.54, 1.807) is 19.1 Å². The van der Waals surface area contributed by atoms with Crippen LogP contribution < -0.4 is 4.90 Å². The largest absolute Gasteiger partial charge is 0.449 e. The zero-order valence-corrected chi connectivity index (χ0v) is 11.8. The number of non-ortho nitro benzene ring substituents is 1. The van der Waals surface area contributed by atoms with Crippen LogP contribution in [0.3, 0.4) is 0 Å². The summed E-state index contributed by atoms with van der Waals surface area (Å²) in [6.45, 7) is 4.19. The van der Waals surface area contributed by atoms with Crippen molar-refractivity contribution < 1.29 is 19.2 Å². The average molecular weight is 292 g/mol. The van der Waals surface area contributed by atoms with Crippen LogP contribution >= 0.6 is 0 Å². The normalized spacial score (nSPS) is 16.5. The van der Waals surface area contributed by atoms with Crippen LogP contribution in [-0.4, -0.2) is 30.5 Å². The van der Waals surface area contributed by atoms with Gasteiger partial charge in [-0.1, -0.05) is 6.08 Å². The van der Waals surface area contributed by atoms with Crippen LogP contribution in [-0.2, 0) is 9.47 Å². The van der Waals surface area contributed by atoms with Crippen molar-refractivity contribution in [2.24, 2.45) is 0 Å². The molecule has 0 bridgehead atoms. The van der Waals surface area contributed by atoms with Gasteiger partial charge in [0.15, 0.2) is 6.23 Å². The van der Waals surface area contributed by atoms with Gasteiger partial charge in [0, 0.05) is 24.3 Å². The van der Waals surface area contributed by atoms with E-state index in [2.05, 4.69) is 0 Å². The maximum absolute atomic E-state index is 12.1. The summed E-state index contributed by atoms with van der Waals surface area (Å²) in [4.78, 5) is 23.8. The number of amides is 1. The van der Waals surface area contributed by atoms with E-state index in [9.17, 15) is 14.9 Å². The number of ether oxygens (including phenoxy) is 2. The van der Waals surface area contributed by atoms with Gasteiger partial charge in [0.05, 0.1) is 17.2 Å². The van der Waals surface area contributed by atoms with E-state index in [1.165, 1.54) is 23.1 Å². The molecule has 2 rings (SSSR count). The molecule has 1 atom stereocenters. The summed E-state index contributed by atoms with van der Waals surface area (Å²) < 4.78 is 10.5. The van der Waals surface area contributed by atoms with E-state index in [0.29, 0.717) is 17.9 Å². The summed E-state index contributed by atoms with van der Waals surface area (Å²) >= 11 is 0. The zero-order chi connectivity index (χ0) is 15.4. The van der Waals surface area contributed by atoms with Gasteiger partial charge in [-0.3, -0.25) is 10.1 Å². The lowest BCUT2D eigenvalue weighted by molar-refractivity contribution is -0.384. The molecule has 1 aromatic rings. The van der Waals surface area contributed by atoms with Gasteiger partial charge in [0.2, 0.25) is 0 Å². The second-order valence-corrected chi connectivity index (χ2v) is 4.27. The molecule has 0 saturated heterocycles. The van der Waals surface area contributed by atoms with Gasteiger partial charge < -0.3 is 9.47 Å². The molecule has 1 unspecified atom stereocenters. The molecule has 1 heterocycles. The van der Waals surface area contributed by atoms with Gasteiger partial charge in [-0.2, -0.15) is 0 Å². The number of nitrogens with zero attached hydrogens (tertiary/aromatic N) is 2. The van der Waals surface area contributed by atoms with Gasteiger partial charge in [-0.25, -0.2) is 9.69 Å². The van der Waals surface area contributed by atoms with E-state index in [-0.39, 0.29) is 12.3 Å². The second-order valence-electron chi connectivity index (χ2n) is 4.27. The highest BCUT2D eigenvalue weighted by atomic mass is 16.6. The van der Waals surface area contributed by atoms with Gasteiger partial charge in [-0.05, 0) is 26.0 Å². The molecular formula is C14H16N2O5. The van der Waals surface area contributed by atoms with Crippen molar-refractivity contribution in [3.8, 4) is 0 Å². The molecule has 0 radical (unpaired) electrons. The van der Waals surface area contributed by atoms with E-state index in [0.717, 1.165) is 0 Å². The highest BCUT2D eigenvalue weighted by Crippen LogP contribution is 2.32. The topological polar surface area (TPSA) is 81.9 Å². The van der Waals surface area contributed by atoms with E-state index >= 15 is 0 Å². The minimum Gasteiger partial charge on any atom is -0.449 e. The summed E-state index contributed by atoms with van der Waals surface area (Å²) in [6, 6.07) is 4.30. The number of carbonyl (C=O) groups excluding carboxylic acids is 1. The molecule has 0 fully saturated rings. The SMILES string of the molecule is CCOC(=O)N1c2ccc([N+](=O)[O-])cc2C=CC1OCC. The molecule has 1 aliphatic heterocycles. The first-order valence-electron chi connectivity index (χ1n) is 6.62. The van der Waals surface area contributed by atoms with E-state index in [1.807, 2.05) is 6.92 Å². The van der Waals surface area contributed by atoms with Gasteiger partial charge in [0.25, 0.3) is 5.69 Å². The number of benzene rings is 1. The maximum atomic E-state index is 12.1. The third-order valence-corrected chi connectivity index (χ3v) is 2.98. The number of rotatable bonds is 4. The van der Waals surface area contributed by atoms with Gasteiger partial charge in [-0.15, -0.1) is 0 Å². The van der Waals surface area contributed by atoms with E-state index in [4.69, 9.17) is 9.47 Å². The van der Waals surface area contributed by atoms with Crippen LogP contribution in [0.15, 0.2) is 24.3 Å². The first-order valence-corrected chi connectivity index (χ1v) is 6.62. The van der Waals surface area contributed by atoms with Crippen LogP contribution in [0.25, 0.3) is 6.08 Å². The molecule has 7 heteroatoms. The van der Waals surface area contributed by atoms with Crippen molar-refractivity contribution in [2.45, 2.75) is 20.1 Å². The fourth-order valence-corrected chi connectivity index (χ4v) is 2.11. The fraction of sp³-hybridized carbons (Fsp3) is 0.357. The lowest BCUT2D eigenvalue weighted by Gasteiger charge is -2.32. The van der Waals surface area contributed by atoms with Crippen molar-refractivity contribution in [3.63, 3.8) is 0 Å². The summed E-state index contributed by atoms with van der Waals surface area (Å²) in [5, 5.41) is 10.8. The molecule has 21 heavy (non-hydrogen) atoms. The molecule has 0 spiro atoms. The van der Waals surface area contributed by atoms with Gasteiger partial charge >= 0.3 is 6.09 Å². The third kappa shape index (κ3) is 3.03. The Kier molecular flexibility index (Phi) is 4.54. The number of carbonyl (C=O) groups is 1. The lowest BCUT2D eigenvalue weighted by atomic mass is 10.1. The number of hydrogen-bond donors (Lipinski definition) is 0. The van der Waals surface area contributed by atoms with Crippen molar-refractivity contribution in [1.29, 1.82) is 0 Å². The maximum Gasteiger partial charge on any atom is 0.416 e. The molecule has 0 aromatic heterocycles. The van der Waals surface area contributed by atoms with Gasteiger partial charge in [0.1, 0.15) is 0 Å². The van der Waals surface area contributed by atoms with Crippen LogP contribution in [0.5, 0.6) is 0 Å². The monoisotopic (exact) mass is 292 g/mol. The van der Waals surface area contributed by atoms with Crippen molar-refractivity contribution in [3.05, 3.63) is 40.0 Å². The Morgan fingerprint density at radius 3 is 2.76 bits per heavy atom. The third-order valence-electron chi connectivity index (χ3n) is 2.98. The predicted molar refractivity (Wildman–Crippen MR) is 77.0 cm³/mol. The summed E-state index contributed by atoms with van der Waals surface area (Å²) in [7, 11) is 0. The molecule has 112 valence electrons. The number of nitro groups is 1. The fourth-order valence-electron chi connectivity index (χ4n) is 2.11. The smallest absolute Gasteiger partial charge is 0.416 e. The molecule has 0 N–H and O–H groups in total. The average Bonchev–Trinajstić information content (AvgIpc) is 2.46. The summed E-state index contributed by atoms with van der Waals surface area (Å²) in [5.41, 5.74) is 1.07. The highest BCUT2D eigenvalue weighted by Gasteiger charge is 2.30. The number of anilines is 1. The lowest BCUT2D eigenvalue weighted by Crippen LogP contribution is -2.43. The highest BCUT2D eigenvalue weighted by molar-refractivity contribution is 5.93. The first kappa shape index (κ1) is 15.0. The molecule has 0 saturated carbocycles. The second kappa shape index (κ2) is 6.36. The molecule has 0 aliphatic carbocycles. The Morgan fingerprint density at radius 1 is 1.38 bits per heavy atom. The first-order chi connectivity index (χ1) is 10.1. The van der Waals surface area contributed by atoms with Crippen molar-refractivity contribution in [2.75, 3.05) is 18.1 Å². The number of hydrogen-bond acceptors (Lipinski definition) is 5. The number of fused-ring (bicyclic) bond motifs is 1. The zero-order valence-electron chi connectivity index (χ0n) is 11.8. The minimum absolute atomic E-state index is 0.0305. The Morgan fingerprint density at radius 2 is 2.14 bits per heavy atom. The Bertz CT molecular complexity index is 585. The minimum atomic E-state index is -0.581. The quantitative estimate of drug-likeness (QED) is 0.629. The van der Waals surface area contributed by atoms with Crippen LogP contribution in [0, 0.1) is 10.1 Å². The predicted octanol–water partition coefficient (Wildman–Crippen LogP) is 2.95. The Balaban J connectivity index is 2.43. The summed E-state index contributed by atoms with van der Waals surface area (Å²) in [5.74, 6) is 0. The Labute approximate surface area is 121 Å². The van der Waals surface area contributed by atoms with Crippen LogP contribution in [0.2, 0.25) is 0 Å². The standard InChI is InChI=1S/C14H16N2O5/c1-3-20-13-8-5-10-9-11(16(18)19)6-7-12(10)15(13)14(17)21-4-2/h5-9,13H,3-4H2,1-2H3. The molecule has 7 nitrogen and oxygen atoms in total. The Hall–Kier alpha value is -2.41. The van der Waals surface area contributed by atoms with Crippen LogP contribution in [0.1, 0.15) is 19.4 Å². The summed E-state index contributed by atoms with van der Waals surface area (Å²) in [6.07, 6.45) is 2.25. The molecule has 1 aromatic carbocycles.